The number of carbonyl (C=O) groups is 1. The number of halogens is 1. The van der Waals surface area contributed by atoms with Crippen LogP contribution in [0.4, 0.5) is 4.39 Å². The predicted molar refractivity (Wildman–Crippen MR) is 128 cm³/mol. The number of hydrogen-bond donors (Lipinski definition) is 2. The lowest BCUT2D eigenvalue weighted by molar-refractivity contribution is -0.119. The van der Waals surface area contributed by atoms with E-state index in [1.807, 2.05) is 24.1 Å². The molecule has 0 bridgehead atoms. The van der Waals surface area contributed by atoms with Crippen LogP contribution in [0.5, 0.6) is 0 Å². The first kappa shape index (κ1) is 23.2. The summed E-state index contributed by atoms with van der Waals surface area (Å²) in [4.78, 5) is 19.6. The van der Waals surface area contributed by atoms with E-state index in [9.17, 15) is 9.18 Å². The fourth-order valence-corrected chi connectivity index (χ4v) is 5.64. The first-order chi connectivity index (χ1) is 15.2. The Balaban J connectivity index is 0.000000307. The molecule has 3 N–H and O–H groups in total. The molecule has 1 aromatic heterocycles. The van der Waals surface area contributed by atoms with Crippen LogP contribution in [0.25, 0.3) is 10.9 Å². The summed E-state index contributed by atoms with van der Waals surface area (Å²) < 4.78 is 13.5. The van der Waals surface area contributed by atoms with Gasteiger partial charge in [-0.25, -0.2) is 4.39 Å². The molecule has 3 fully saturated rings. The topological polar surface area (TPSA) is 65.4 Å². The number of nitrogens with one attached hydrogen (secondary N) is 1. The van der Waals surface area contributed by atoms with Crippen LogP contribution in [0.3, 0.4) is 0 Å². The highest BCUT2D eigenvalue weighted by molar-refractivity contribution is 5.84. The van der Waals surface area contributed by atoms with Gasteiger partial charge in [-0.05, 0) is 55.4 Å². The van der Waals surface area contributed by atoms with Gasteiger partial charge in [-0.3, -0.25) is 9.69 Å². The summed E-state index contributed by atoms with van der Waals surface area (Å²) in [7, 11) is 0. The number of carbonyl (C=O) groups excluding carboxylic acids is 1. The number of aromatic nitrogens is 1. The van der Waals surface area contributed by atoms with Crippen molar-refractivity contribution < 1.29 is 9.18 Å². The molecule has 2 aromatic rings. The summed E-state index contributed by atoms with van der Waals surface area (Å²) in [6.45, 7) is 10.3. The number of nitrogens with zero attached hydrogens (tertiary/aromatic N) is 2. The van der Waals surface area contributed by atoms with Crippen molar-refractivity contribution in [1.29, 1.82) is 0 Å². The molecule has 1 aromatic carbocycles. The fraction of sp³-hybridized carbons (Fsp3) is 0.654. The molecule has 2 saturated heterocycles. The lowest BCUT2D eigenvalue weighted by Gasteiger charge is -2.29. The molecule has 3 aliphatic rings. The number of fused-ring (bicyclic) bond motifs is 2. The number of H-pyrrole nitrogens is 1. The van der Waals surface area contributed by atoms with E-state index >= 15 is 0 Å². The number of benzene rings is 1. The standard InChI is InChI=1S/C20H24FN3O.C6H15N/c21-13-5-6-15-16(10-22-18(15)9-13)17-11-24(14-3-1-2-4-14)19-7-8-23(12-25)20(17)19;1-5(7)6(2,3)4/h5-6,9-10,12,14,17,19-20,22H,1-4,7-8,11H2;5H,7H2,1-4H3. The van der Waals surface area contributed by atoms with Crippen LogP contribution < -0.4 is 5.73 Å². The van der Waals surface area contributed by atoms with Crippen molar-refractivity contribution in [1.82, 2.24) is 14.8 Å². The highest BCUT2D eigenvalue weighted by Gasteiger charge is 2.51. The highest BCUT2D eigenvalue weighted by Crippen LogP contribution is 2.45. The molecule has 1 aliphatic carbocycles. The minimum atomic E-state index is -0.215. The first-order valence-electron chi connectivity index (χ1n) is 12.2. The zero-order chi connectivity index (χ0) is 23.0. The minimum absolute atomic E-state index is 0.215. The van der Waals surface area contributed by atoms with Crippen molar-refractivity contribution >= 4 is 17.3 Å². The van der Waals surface area contributed by atoms with Crippen LogP contribution in [0.15, 0.2) is 24.4 Å². The van der Waals surface area contributed by atoms with E-state index in [0.29, 0.717) is 24.0 Å². The van der Waals surface area contributed by atoms with Gasteiger partial charge in [-0.2, -0.15) is 0 Å². The third-order valence-electron chi connectivity index (χ3n) is 8.08. The zero-order valence-corrected chi connectivity index (χ0v) is 20.0. The number of likely N-dealkylation sites (tertiary alicyclic amines) is 2. The van der Waals surface area contributed by atoms with Crippen LogP contribution in [-0.4, -0.2) is 58.5 Å². The molecule has 4 atom stereocenters. The van der Waals surface area contributed by atoms with Crippen LogP contribution >= 0.6 is 0 Å². The molecule has 176 valence electrons. The third kappa shape index (κ3) is 4.44. The molecule has 1 amide bonds. The minimum Gasteiger partial charge on any atom is -0.361 e. The molecule has 5 rings (SSSR count). The third-order valence-corrected chi connectivity index (χ3v) is 8.08. The number of aromatic amines is 1. The van der Waals surface area contributed by atoms with Crippen molar-refractivity contribution in [3.05, 3.63) is 35.8 Å². The highest BCUT2D eigenvalue weighted by atomic mass is 19.1. The molecule has 0 spiro atoms. The Morgan fingerprint density at radius 2 is 1.91 bits per heavy atom. The van der Waals surface area contributed by atoms with E-state index in [-0.39, 0.29) is 17.3 Å². The summed E-state index contributed by atoms with van der Waals surface area (Å²) in [5.74, 6) is 0.0886. The summed E-state index contributed by atoms with van der Waals surface area (Å²) in [5.41, 5.74) is 7.93. The van der Waals surface area contributed by atoms with Crippen molar-refractivity contribution in [3.8, 4) is 0 Å². The largest absolute Gasteiger partial charge is 0.361 e. The van der Waals surface area contributed by atoms with Crippen LogP contribution in [0.1, 0.15) is 71.3 Å². The Morgan fingerprint density at radius 3 is 2.53 bits per heavy atom. The van der Waals surface area contributed by atoms with Gasteiger partial charge in [0.25, 0.3) is 0 Å². The molecule has 4 unspecified atom stereocenters. The van der Waals surface area contributed by atoms with Gasteiger partial charge in [0, 0.05) is 54.2 Å². The average Bonchev–Trinajstić information content (AvgIpc) is 3.51. The second-order valence-corrected chi connectivity index (χ2v) is 11.0. The zero-order valence-electron chi connectivity index (χ0n) is 20.0. The van der Waals surface area contributed by atoms with Crippen molar-refractivity contribution in [3.63, 3.8) is 0 Å². The Hall–Kier alpha value is -1.92. The average molecular weight is 443 g/mol. The number of amides is 1. The van der Waals surface area contributed by atoms with E-state index in [0.717, 1.165) is 36.8 Å². The first-order valence-corrected chi connectivity index (χ1v) is 12.2. The van der Waals surface area contributed by atoms with Crippen molar-refractivity contribution in [2.24, 2.45) is 11.1 Å². The molecular weight excluding hydrogens is 403 g/mol. The van der Waals surface area contributed by atoms with Crippen LogP contribution in [0, 0.1) is 11.2 Å². The van der Waals surface area contributed by atoms with Gasteiger partial charge >= 0.3 is 0 Å². The van der Waals surface area contributed by atoms with Gasteiger partial charge in [0.05, 0.1) is 6.04 Å². The van der Waals surface area contributed by atoms with Gasteiger partial charge in [0.2, 0.25) is 6.41 Å². The Labute approximate surface area is 191 Å². The maximum absolute atomic E-state index is 13.5. The fourth-order valence-electron chi connectivity index (χ4n) is 5.64. The van der Waals surface area contributed by atoms with E-state index < -0.39 is 0 Å². The second-order valence-electron chi connectivity index (χ2n) is 11.0. The summed E-state index contributed by atoms with van der Waals surface area (Å²) in [6.07, 6.45) is 9.37. The smallest absolute Gasteiger partial charge is 0.210 e. The predicted octanol–water partition coefficient (Wildman–Crippen LogP) is 4.63. The number of rotatable bonds is 3. The van der Waals surface area contributed by atoms with Gasteiger partial charge in [-0.15, -0.1) is 0 Å². The Kier molecular flexibility index (Phi) is 6.64. The molecule has 5 nitrogen and oxygen atoms in total. The van der Waals surface area contributed by atoms with Gasteiger partial charge < -0.3 is 15.6 Å². The maximum Gasteiger partial charge on any atom is 0.210 e. The quantitative estimate of drug-likeness (QED) is 0.681. The van der Waals surface area contributed by atoms with E-state index in [2.05, 4.69) is 30.7 Å². The van der Waals surface area contributed by atoms with Crippen molar-refractivity contribution in [2.75, 3.05) is 13.1 Å². The second kappa shape index (κ2) is 9.14. The molecule has 32 heavy (non-hydrogen) atoms. The lowest BCUT2D eigenvalue weighted by atomic mass is 9.89. The number of hydrogen-bond acceptors (Lipinski definition) is 3. The molecular formula is C26H39FN4O. The van der Waals surface area contributed by atoms with Crippen LogP contribution in [0.2, 0.25) is 0 Å². The molecule has 2 aliphatic heterocycles. The molecule has 0 radical (unpaired) electrons. The van der Waals surface area contributed by atoms with Gasteiger partial charge in [0.15, 0.2) is 0 Å². The lowest BCUT2D eigenvalue weighted by Crippen LogP contribution is -2.41. The SMILES string of the molecule is CC(N)C(C)(C)C.O=CN1CCC2C1C(c1c[nH]c3cc(F)ccc13)CN2C1CCCC1. The maximum atomic E-state index is 13.5. The normalized spacial score (nSPS) is 27.4. The van der Waals surface area contributed by atoms with E-state index in [1.54, 1.807) is 6.07 Å². The van der Waals surface area contributed by atoms with E-state index in [1.165, 1.54) is 37.3 Å². The molecule has 3 heterocycles. The van der Waals surface area contributed by atoms with Gasteiger partial charge in [-0.1, -0.05) is 33.6 Å². The summed E-state index contributed by atoms with van der Waals surface area (Å²) in [5, 5.41) is 1.09. The van der Waals surface area contributed by atoms with Crippen molar-refractivity contribution in [2.45, 2.75) is 89.9 Å². The Bertz CT molecular complexity index is 928. The van der Waals surface area contributed by atoms with Crippen LogP contribution in [-0.2, 0) is 4.79 Å². The summed E-state index contributed by atoms with van der Waals surface area (Å²) in [6, 6.07) is 6.67. The van der Waals surface area contributed by atoms with Gasteiger partial charge in [0.1, 0.15) is 5.82 Å². The molecule has 1 saturated carbocycles. The monoisotopic (exact) mass is 442 g/mol. The number of nitrogens with two attached hydrogens (primary N) is 1. The van der Waals surface area contributed by atoms with E-state index in [4.69, 9.17) is 5.73 Å². The Morgan fingerprint density at radius 1 is 1.22 bits per heavy atom. The summed E-state index contributed by atoms with van der Waals surface area (Å²) >= 11 is 0. The molecule has 6 heteroatoms.